The predicted octanol–water partition coefficient (Wildman–Crippen LogP) is 1.98. The first-order chi connectivity index (χ1) is 8.04. The number of aryl methyl sites for hydroxylation is 2. The van der Waals surface area contributed by atoms with Crippen LogP contribution in [0.1, 0.15) is 31.2 Å². The molecule has 17 heavy (non-hydrogen) atoms. The van der Waals surface area contributed by atoms with E-state index in [0.717, 1.165) is 17.9 Å². The molecule has 0 unspecified atom stereocenters. The van der Waals surface area contributed by atoms with Gasteiger partial charge in [-0.25, -0.2) is 0 Å². The fourth-order valence-corrected chi connectivity index (χ4v) is 2.46. The zero-order chi connectivity index (χ0) is 12.6. The molecule has 2 rings (SSSR count). The number of nitrogens with zero attached hydrogens (tertiary/aromatic N) is 2. The smallest absolute Gasteiger partial charge is 0.308 e. The Balaban J connectivity index is 2.25. The molecular weight excluding hydrogens is 220 g/mol. The van der Waals surface area contributed by atoms with Crippen LogP contribution in [0.4, 0.5) is 6.01 Å². The van der Waals surface area contributed by atoms with Crippen molar-refractivity contribution < 1.29 is 14.3 Å². The largest absolute Gasteiger partial charge is 0.481 e. The van der Waals surface area contributed by atoms with E-state index in [-0.39, 0.29) is 12.0 Å². The maximum absolute atomic E-state index is 11.1. The number of aromatic nitrogens is 1. The minimum atomic E-state index is -0.723. The highest BCUT2D eigenvalue weighted by molar-refractivity contribution is 5.72. The van der Waals surface area contributed by atoms with Crippen LogP contribution in [0.2, 0.25) is 0 Å². The molecule has 94 valence electrons. The highest BCUT2D eigenvalue weighted by Crippen LogP contribution is 2.32. The van der Waals surface area contributed by atoms with Crippen LogP contribution < -0.4 is 4.90 Å². The van der Waals surface area contributed by atoms with Gasteiger partial charge in [0.05, 0.1) is 11.6 Å². The van der Waals surface area contributed by atoms with Crippen molar-refractivity contribution in [3.8, 4) is 0 Å². The van der Waals surface area contributed by atoms with Crippen molar-refractivity contribution in [2.45, 2.75) is 39.7 Å². The number of anilines is 1. The molecule has 1 fully saturated rings. The molecule has 1 saturated heterocycles. The van der Waals surface area contributed by atoms with E-state index >= 15 is 0 Å². The summed E-state index contributed by atoms with van der Waals surface area (Å²) in [6.45, 7) is 6.47. The van der Waals surface area contributed by atoms with Gasteiger partial charge in [0.25, 0.3) is 6.01 Å². The first kappa shape index (κ1) is 12.0. The van der Waals surface area contributed by atoms with Crippen molar-refractivity contribution in [3.63, 3.8) is 0 Å². The Labute approximate surface area is 100 Å². The molecule has 5 heteroatoms. The number of hydrogen-bond donors (Lipinski definition) is 1. The van der Waals surface area contributed by atoms with Gasteiger partial charge in [0.15, 0.2) is 0 Å². The van der Waals surface area contributed by atoms with Crippen LogP contribution in [0.25, 0.3) is 0 Å². The zero-order valence-corrected chi connectivity index (χ0v) is 10.4. The summed E-state index contributed by atoms with van der Waals surface area (Å²) in [7, 11) is 0. The Hall–Kier alpha value is -1.52. The highest BCUT2D eigenvalue weighted by atomic mass is 16.4. The van der Waals surface area contributed by atoms with Crippen LogP contribution in [0.5, 0.6) is 0 Å². The Morgan fingerprint density at radius 3 is 2.76 bits per heavy atom. The van der Waals surface area contributed by atoms with Crippen molar-refractivity contribution in [1.29, 1.82) is 0 Å². The van der Waals surface area contributed by atoms with Gasteiger partial charge in [0.1, 0.15) is 5.76 Å². The second-order valence-corrected chi connectivity index (χ2v) is 4.54. The Kier molecular flexibility index (Phi) is 3.09. The number of rotatable bonds is 3. The Bertz CT molecular complexity index is 408. The van der Waals surface area contributed by atoms with Crippen LogP contribution in [0.15, 0.2) is 4.42 Å². The number of carboxylic acid groups (broad SMARTS) is 1. The molecule has 0 spiro atoms. The van der Waals surface area contributed by atoms with Gasteiger partial charge in [-0.1, -0.05) is 6.92 Å². The van der Waals surface area contributed by atoms with Gasteiger partial charge in [-0.2, -0.15) is 4.98 Å². The van der Waals surface area contributed by atoms with E-state index in [1.54, 1.807) is 0 Å². The topological polar surface area (TPSA) is 66.6 Å². The maximum Gasteiger partial charge on any atom is 0.308 e. The summed E-state index contributed by atoms with van der Waals surface area (Å²) in [6, 6.07) is 0.556. The van der Waals surface area contributed by atoms with Gasteiger partial charge < -0.3 is 14.4 Å². The van der Waals surface area contributed by atoms with E-state index in [1.165, 1.54) is 0 Å². The van der Waals surface area contributed by atoms with E-state index < -0.39 is 5.97 Å². The van der Waals surface area contributed by atoms with E-state index in [9.17, 15) is 4.79 Å². The van der Waals surface area contributed by atoms with Gasteiger partial charge in [-0.05, 0) is 26.7 Å². The summed E-state index contributed by atoms with van der Waals surface area (Å²) in [5, 5.41) is 9.16. The number of carbonyl (C=O) groups is 1. The summed E-state index contributed by atoms with van der Waals surface area (Å²) in [4.78, 5) is 17.5. The highest BCUT2D eigenvalue weighted by Gasteiger charge is 2.39. The molecule has 1 N–H and O–H groups in total. The molecule has 0 aliphatic carbocycles. The monoisotopic (exact) mass is 238 g/mol. The van der Waals surface area contributed by atoms with E-state index in [0.29, 0.717) is 19.0 Å². The lowest BCUT2D eigenvalue weighted by atomic mass is 9.99. The normalized spacial score (nSPS) is 24.3. The van der Waals surface area contributed by atoms with Crippen molar-refractivity contribution in [2.75, 3.05) is 11.4 Å². The predicted molar refractivity (Wildman–Crippen MR) is 63.1 cm³/mol. The number of hydrogen-bond acceptors (Lipinski definition) is 4. The van der Waals surface area contributed by atoms with E-state index in [4.69, 9.17) is 9.52 Å². The van der Waals surface area contributed by atoms with Crippen molar-refractivity contribution in [3.05, 3.63) is 11.5 Å². The van der Waals surface area contributed by atoms with E-state index in [1.807, 2.05) is 25.7 Å². The van der Waals surface area contributed by atoms with Crippen LogP contribution in [-0.2, 0) is 4.79 Å². The van der Waals surface area contributed by atoms with Crippen LogP contribution >= 0.6 is 0 Å². The zero-order valence-electron chi connectivity index (χ0n) is 10.4. The Morgan fingerprint density at radius 2 is 2.29 bits per heavy atom. The summed E-state index contributed by atoms with van der Waals surface area (Å²) in [5.74, 6) is -0.236. The molecule has 0 bridgehead atoms. The van der Waals surface area contributed by atoms with Gasteiger partial charge in [-0.15, -0.1) is 0 Å². The fraction of sp³-hybridized carbons (Fsp3) is 0.667. The quantitative estimate of drug-likeness (QED) is 0.872. The lowest BCUT2D eigenvalue weighted by Crippen LogP contribution is -2.35. The number of carboxylic acids is 1. The average molecular weight is 238 g/mol. The third-order valence-corrected chi connectivity index (χ3v) is 3.54. The van der Waals surface area contributed by atoms with Gasteiger partial charge in [0, 0.05) is 12.6 Å². The van der Waals surface area contributed by atoms with Crippen molar-refractivity contribution in [2.24, 2.45) is 5.92 Å². The van der Waals surface area contributed by atoms with Crippen molar-refractivity contribution in [1.82, 2.24) is 4.98 Å². The molecule has 2 heterocycles. The van der Waals surface area contributed by atoms with Gasteiger partial charge in [0.2, 0.25) is 0 Å². The molecule has 2 atom stereocenters. The van der Waals surface area contributed by atoms with Crippen LogP contribution in [-0.4, -0.2) is 28.6 Å². The molecule has 1 aromatic rings. The minimum absolute atomic E-state index is 0.00931. The van der Waals surface area contributed by atoms with Gasteiger partial charge >= 0.3 is 5.97 Å². The lowest BCUT2D eigenvalue weighted by molar-refractivity contribution is -0.141. The van der Waals surface area contributed by atoms with Crippen molar-refractivity contribution >= 4 is 12.0 Å². The van der Waals surface area contributed by atoms with Crippen LogP contribution in [0, 0.1) is 19.8 Å². The molecule has 1 aromatic heterocycles. The summed E-state index contributed by atoms with van der Waals surface area (Å²) < 4.78 is 5.58. The number of aliphatic carboxylic acids is 1. The van der Waals surface area contributed by atoms with Gasteiger partial charge in [-0.3, -0.25) is 4.79 Å². The molecule has 5 nitrogen and oxygen atoms in total. The summed E-state index contributed by atoms with van der Waals surface area (Å²) in [5.41, 5.74) is 0.869. The third-order valence-electron chi connectivity index (χ3n) is 3.54. The average Bonchev–Trinajstić information content (AvgIpc) is 2.82. The summed E-state index contributed by atoms with van der Waals surface area (Å²) >= 11 is 0. The standard InChI is InChI=1S/C12H18N2O3/c1-4-10-9(11(15)16)5-6-14(10)12-13-7(2)8(3)17-12/h9-10H,4-6H2,1-3H3,(H,15,16)/t9-,10+/m0/s1. The first-order valence-corrected chi connectivity index (χ1v) is 5.98. The molecule has 0 aromatic carbocycles. The first-order valence-electron chi connectivity index (χ1n) is 5.98. The SMILES string of the molecule is CC[C@@H]1[C@@H](C(=O)O)CCN1c1nc(C)c(C)o1. The second kappa shape index (κ2) is 4.39. The molecule has 0 saturated carbocycles. The minimum Gasteiger partial charge on any atom is -0.481 e. The second-order valence-electron chi connectivity index (χ2n) is 4.54. The third kappa shape index (κ3) is 2.01. The molecule has 1 aliphatic rings. The summed E-state index contributed by atoms with van der Waals surface area (Å²) in [6.07, 6.45) is 1.45. The Morgan fingerprint density at radius 1 is 1.59 bits per heavy atom. The molecule has 1 aliphatic heterocycles. The van der Waals surface area contributed by atoms with E-state index in [2.05, 4.69) is 4.98 Å². The van der Waals surface area contributed by atoms with Crippen LogP contribution in [0.3, 0.4) is 0 Å². The molecule has 0 amide bonds. The maximum atomic E-state index is 11.1. The molecule has 0 radical (unpaired) electrons. The molecular formula is C12H18N2O3. The lowest BCUT2D eigenvalue weighted by Gasteiger charge is -2.23. The fourth-order valence-electron chi connectivity index (χ4n) is 2.46. The number of oxazole rings is 1.